The summed E-state index contributed by atoms with van der Waals surface area (Å²) in [6.07, 6.45) is 18.3. The molecule has 1 aromatic carbocycles. The Balaban J connectivity index is 0.991. The zero-order valence-electron chi connectivity index (χ0n) is 84.8. The van der Waals surface area contributed by atoms with Crippen molar-refractivity contribution in [3.8, 4) is 0 Å². The highest BCUT2D eigenvalue weighted by atomic mass is 16.5. The molecule has 0 unspecified atom stereocenters. The minimum atomic E-state index is -2.07. The average Bonchev–Trinajstić information content (AvgIpc) is 1.65. The number of carboxylic acid groups (broad SMARTS) is 3. The molecule has 0 saturated carbocycles. The summed E-state index contributed by atoms with van der Waals surface area (Å²) in [5.41, 5.74) is 18.3. The smallest absolute Gasteiger partial charge is 0.317 e. The average molecular weight is 2100 g/mol. The topological polar surface area (TPSA) is 783 Å². The van der Waals surface area contributed by atoms with Gasteiger partial charge in [-0.15, -0.1) is 5.10 Å². The van der Waals surface area contributed by atoms with E-state index in [0.717, 1.165) is 56.2 Å². The summed E-state index contributed by atoms with van der Waals surface area (Å²) < 4.78 is 11.0. The molecule has 7 rings (SSSR count). The van der Waals surface area contributed by atoms with Crippen molar-refractivity contribution in [3.63, 3.8) is 0 Å². The molecule has 824 valence electrons. The molecule has 3 aromatic rings. The summed E-state index contributed by atoms with van der Waals surface area (Å²) in [4.78, 5) is 286. The number of guanidine groups is 1. The quantitative estimate of drug-likeness (QED) is 0.0173. The fourth-order valence-corrected chi connectivity index (χ4v) is 17.9. The van der Waals surface area contributed by atoms with Crippen LogP contribution in [-0.4, -0.2) is 344 Å². The van der Waals surface area contributed by atoms with Crippen LogP contribution in [0.4, 0.5) is 4.79 Å². The Hall–Kier alpha value is -14.2. The van der Waals surface area contributed by atoms with Gasteiger partial charge in [0, 0.05) is 120 Å². The van der Waals surface area contributed by atoms with E-state index in [0.29, 0.717) is 41.5 Å². The van der Waals surface area contributed by atoms with Crippen LogP contribution in [-0.2, 0) is 113 Å². The van der Waals surface area contributed by atoms with E-state index < -0.39 is 211 Å². The van der Waals surface area contributed by atoms with Crippen LogP contribution >= 0.6 is 0 Å². The molecule has 0 aliphatic carbocycles. The van der Waals surface area contributed by atoms with E-state index in [9.17, 15) is 96.8 Å². The SMILES string of the molecule is CC(=O)N[C@H]1CCC(=O)CCC[C@@H](C(=O)N2CCC[C@H]2C(=O)N2CCC[C@H]2C(=O)N[C@@H](CCCNC(N)=O)C(=O)N[C@@H](CC(=O)O)C(=O)N[C@@H](CCCCN(CC(=O)O)CC(=O)O)C(=O)N[C@@H](CCCCNC(=O)COCCOCCNC(=O)CCCCCCCCCCCCCCCc2nnn[nH]2)C(N)=O)NC(=O)[C@H](Cc2c[nH]c3ccccc23)NC(=O)[C@H](CCCNC(=N)N)NC(=O)CNC(=O)[C@H](CC2=CCC=N2)NC1=O. The van der Waals surface area contributed by atoms with Crippen molar-refractivity contribution in [2.24, 2.45) is 22.2 Å². The number of H-pyrrole nitrogens is 2. The van der Waals surface area contributed by atoms with Crippen molar-refractivity contribution in [1.29, 1.82) is 5.41 Å². The van der Waals surface area contributed by atoms with Crippen LogP contribution in [0.2, 0.25) is 0 Å². The number of hydrogen-bond donors (Lipinski definition) is 23. The van der Waals surface area contributed by atoms with Crippen LogP contribution < -0.4 is 91.6 Å². The van der Waals surface area contributed by atoms with Gasteiger partial charge in [-0.05, 0) is 151 Å². The van der Waals surface area contributed by atoms with Gasteiger partial charge >= 0.3 is 23.9 Å². The molecule has 26 N–H and O–H groups in total. The number of urea groups is 1. The Bertz CT molecular complexity index is 4980. The number of nitrogens with one attached hydrogen (secondary N) is 17. The second-order valence-corrected chi connectivity index (χ2v) is 37.6. The highest BCUT2D eigenvalue weighted by Gasteiger charge is 2.46. The Kier molecular flexibility index (Phi) is 55.2. The number of benzene rings is 1. The molecule has 2 aromatic heterocycles. The van der Waals surface area contributed by atoms with E-state index in [4.69, 9.17) is 32.1 Å². The van der Waals surface area contributed by atoms with Crippen molar-refractivity contribution in [1.82, 2.24) is 115 Å². The van der Waals surface area contributed by atoms with Gasteiger partial charge in [0.2, 0.25) is 88.6 Å². The molecule has 0 bridgehead atoms. The standard InChI is InChI=1S/C97H151N27O25/c1-61(125)109-71-41-40-64(126)28-21-33-72(114-91(142)73(53-62-56-107-66-30-16-15-29-65(62)66)115-87(138)68(34-23-44-105-96(99)100)110-80(128)57-108-86(137)74(116-90(71)141)54-63-27-22-43-102-63)94(145)124-49-26-37-77(124)95(146)123-48-25-36-76(123)93(144)113-70(35-24-45-106-97(101)147)89(140)117-75(55-82(130)131)92(143)112-69(32-18-20-47-122(58-83(132)133)59-84(134)135)88(139)111-67(85(98)136)31-17-19-42-103-81(129)60-149-52-51-148-50-46-104-79(127)39-14-12-10-8-6-4-2-3-5-7-9-11-13-38-78-118-120-121-119-78/h15-16,27,29-30,43,56,67-77,107H,2-14,17-26,28,31-42,44-55,57-60H2,1H3,(H2,98,136)(H,103,129)(H,104,127)(H,108,137)(H,109,125)(H,110,128)(H,111,139)(H,112,143)(H,113,144)(H,114,142)(H,115,138)(H,116,141)(H,117,140)(H,130,131)(H,132,133)(H,134,135)(H4,99,100,105)(H3,101,106,147)(H,118,119,120,121)/t67-,68-,69-,70-,71-,72-,73-,74-,75-,76-,77-/m0/s1. The second kappa shape index (κ2) is 67.6. The van der Waals surface area contributed by atoms with E-state index in [1.807, 2.05) is 0 Å². The molecule has 17 amide bonds. The van der Waals surface area contributed by atoms with Gasteiger partial charge in [0.05, 0.1) is 45.9 Å². The maximum Gasteiger partial charge on any atom is 0.317 e. The lowest BCUT2D eigenvalue weighted by Gasteiger charge is -2.34. The summed E-state index contributed by atoms with van der Waals surface area (Å²) in [7, 11) is 0. The first kappa shape index (κ1) is 122. The maximum atomic E-state index is 15.6. The number of Topliss-reactive ketones (excluding diaryl/α,β-unsaturated/α-hetero) is 1. The molecule has 52 heteroatoms. The van der Waals surface area contributed by atoms with Gasteiger partial charge in [-0.2, -0.15) is 0 Å². The van der Waals surface area contributed by atoms with E-state index in [1.54, 1.807) is 42.8 Å². The van der Waals surface area contributed by atoms with Gasteiger partial charge < -0.3 is 131 Å². The fourth-order valence-electron chi connectivity index (χ4n) is 17.9. The minimum absolute atomic E-state index is 0.00101. The number of carboxylic acids is 3. The van der Waals surface area contributed by atoms with Gasteiger partial charge in [-0.25, -0.2) is 9.89 Å². The number of aliphatic imine (C=N–C) groups is 1. The van der Waals surface area contributed by atoms with Gasteiger partial charge in [-0.3, -0.25) is 106 Å². The molecule has 0 radical (unpaired) electrons. The van der Waals surface area contributed by atoms with Crippen molar-refractivity contribution < 1.29 is 121 Å². The van der Waals surface area contributed by atoms with Crippen molar-refractivity contribution >= 4 is 141 Å². The van der Waals surface area contributed by atoms with Gasteiger partial charge in [0.15, 0.2) is 5.96 Å². The molecular weight excluding hydrogens is 1940 g/mol. The van der Waals surface area contributed by atoms with Crippen LogP contribution in [0.5, 0.6) is 0 Å². The number of aromatic nitrogens is 5. The van der Waals surface area contributed by atoms with Gasteiger partial charge in [0.1, 0.15) is 84.7 Å². The van der Waals surface area contributed by atoms with Crippen LogP contribution in [0.1, 0.15) is 249 Å². The number of ketones is 1. The predicted molar refractivity (Wildman–Crippen MR) is 538 cm³/mol. The molecule has 11 atom stereocenters. The molecule has 4 aliphatic heterocycles. The van der Waals surface area contributed by atoms with Gasteiger partial charge in [0.25, 0.3) is 0 Å². The highest BCUT2D eigenvalue weighted by molar-refractivity contribution is 6.01. The number of hydrogen-bond acceptors (Lipinski definition) is 28. The number of fused-ring (bicyclic) bond motifs is 1. The first-order valence-corrected chi connectivity index (χ1v) is 51.6. The molecule has 52 nitrogen and oxygen atoms in total. The predicted octanol–water partition coefficient (Wildman–Crippen LogP) is -1.56. The summed E-state index contributed by atoms with van der Waals surface area (Å²) in [6, 6.07) is -11.0. The summed E-state index contributed by atoms with van der Waals surface area (Å²) >= 11 is 0. The lowest BCUT2D eigenvalue weighted by Crippen LogP contribution is -2.60. The highest BCUT2D eigenvalue weighted by Crippen LogP contribution is 2.29. The first-order valence-electron chi connectivity index (χ1n) is 51.6. The Labute approximate surface area is 863 Å². The second-order valence-electron chi connectivity index (χ2n) is 37.6. The number of amides is 17. The molecular formula is C97H151N27O25. The molecule has 4 aliphatic rings. The summed E-state index contributed by atoms with van der Waals surface area (Å²) in [6.45, 7) is -1.00. The Morgan fingerprint density at radius 2 is 1.15 bits per heavy atom. The number of aryl methyl sites for hydroxylation is 1. The lowest BCUT2D eigenvalue weighted by molar-refractivity contribution is -0.148. The summed E-state index contributed by atoms with van der Waals surface area (Å²) in [5, 5.41) is 87.8. The number of allylic oxidation sites excluding steroid dienone is 1. The van der Waals surface area contributed by atoms with Crippen molar-refractivity contribution in [3.05, 3.63) is 53.6 Å². The van der Waals surface area contributed by atoms with Gasteiger partial charge in [-0.1, -0.05) is 94.9 Å². The fraction of sp³-hybridized carbons (Fsp3) is 0.660. The third-order valence-electron chi connectivity index (χ3n) is 25.6. The Morgan fingerprint density at radius 1 is 0.557 bits per heavy atom. The number of rotatable bonds is 64. The number of ether oxygens (including phenoxy) is 2. The van der Waals surface area contributed by atoms with E-state index in [2.05, 4.69) is 105 Å². The molecule has 149 heavy (non-hydrogen) atoms. The summed E-state index contributed by atoms with van der Waals surface area (Å²) in [5.74, 6) is -17.2. The number of unbranched alkanes of at least 4 members (excludes halogenated alkanes) is 14. The minimum Gasteiger partial charge on any atom is -0.481 e. The van der Waals surface area contributed by atoms with Crippen LogP contribution in [0.3, 0.4) is 0 Å². The third kappa shape index (κ3) is 47.2. The zero-order chi connectivity index (χ0) is 108. The van der Waals surface area contributed by atoms with Crippen molar-refractivity contribution in [2.45, 2.75) is 317 Å². The first-order chi connectivity index (χ1) is 71.5. The largest absolute Gasteiger partial charge is 0.481 e. The lowest BCUT2D eigenvalue weighted by atomic mass is 9.99. The number of nitrogens with two attached hydrogens (primary N) is 3. The van der Waals surface area contributed by atoms with Crippen LogP contribution in [0, 0.1) is 5.41 Å². The number of aromatic amines is 2. The van der Waals surface area contributed by atoms with E-state index in [-0.39, 0.29) is 206 Å². The van der Waals surface area contributed by atoms with E-state index in [1.165, 1.54) is 61.2 Å². The number of nitrogens with zero attached hydrogens (tertiary/aromatic N) is 7. The van der Waals surface area contributed by atoms with Crippen LogP contribution in [0.25, 0.3) is 10.9 Å². The number of primary amides is 2. The molecule has 3 fully saturated rings. The number of aliphatic carboxylic acids is 3. The maximum absolute atomic E-state index is 15.6. The normalized spacial score (nSPS) is 18.8. The zero-order valence-corrected chi connectivity index (χ0v) is 84.8. The van der Waals surface area contributed by atoms with Crippen molar-refractivity contribution in [2.75, 3.05) is 91.9 Å². The Morgan fingerprint density at radius 3 is 1.81 bits per heavy atom. The number of carbonyl (C=O) groups excluding carboxylic acids is 17. The van der Waals surface area contributed by atoms with Crippen LogP contribution in [0.15, 0.2) is 47.2 Å². The molecule has 6 heterocycles. The molecule has 3 saturated heterocycles. The number of tetrazole rings is 1. The number of para-hydroxylation sites is 1. The number of likely N-dealkylation sites (tertiary alicyclic amines) is 2. The monoisotopic (exact) mass is 2090 g/mol. The number of carbonyl (C=O) groups is 20. The van der Waals surface area contributed by atoms with E-state index >= 15 is 14.4 Å². The third-order valence-corrected chi connectivity index (χ3v) is 25.6. The molecule has 0 spiro atoms.